The third kappa shape index (κ3) is 3.46. The van der Waals surface area contributed by atoms with Gasteiger partial charge < -0.3 is 9.64 Å². The van der Waals surface area contributed by atoms with Crippen LogP contribution < -0.4 is 0 Å². The molecular weight excluding hydrogens is 198 g/mol. The average molecular weight is 225 g/mol. The second-order valence-electron chi connectivity index (χ2n) is 5.95. The van der Waals surface area contributed by atoms with Gasteiger partial charge in [0, 0.05) is 19.3 Å². The van der Waals surface area contributed by atoms with Crippen LogP contribution in [0.3, 0.4) is 0 Å². The Bertz CT molecular complexity index is 191. The van der Waals surface area contributed by atoms with Gasteiger partial charge in [0.15, 0.2) is 0 Å². The molecule has 0 saturated carbocycles. The molecule has 2 aliphatic heterocycles. The van der Waals surface area contributed by atoms with Crippen molar-refractivity contribution >= 4 is 0 Å². The fourth-order valence-corrected chi connectivity index (χ4v) is 3.27. The summed E-state index contributed by atoms with van der Waals surface area (Å²) in [5.41, 5.74) is 0. The third-order valence-corrected chi connectivity index (χ3v) is 4.16. The molecule has 0 bridgehead atoms. The molecule has 2 rings (SSSR count). The van der Waals surface area contributed by atoms with Gasteiger partial charge in [0.25, 0.3) is 0 Å². The van der Waals surface area contributed by atoms with Crippen LogP contribution in [0.5, 0.6) is 0 Å². The van der Waals surface area contributed by atoms with Gasteiger partial charge in [0.1, 0.15) is 0 Å². The summed E-state index contributed by atoms with van der Waals surface area (Å²) in [6.07, 6.45) is 6.80. The second kappa shape index (κ2) is 6.02. The molecule has 0 aromatic carbocycles. The van der Waals surface area contributed by atoms with E-state index in [4.69, 9.17) is 4.74 Å². The normalized spacial score (nSPS) is 26.4. The Morgan fingerprint density at radius 1 is 1.06 bits per heavy atom. The summed E-state index contributed by atoms with van der Waals surface area (Å²) < 4.78 is 5.44. The highest BCUT2D eigenvalue weighted by atomic mass is 16.5. The molecule has 94 valence electrons. The molecule has 0 atom stereocenters. The number of nitrogens with zero attached hydrogens (tertiary/aromatic N) is 1. The van der Waals surface area contributed by atoms with Crippen molar-refractivity contribution in [2.24, 2.45) is 11.8 Å². The van der Waals surface area contributed by atoms with Crippen molar-refractivity contribution in [3.8, 4) is 0 Å². The molecule has 0 N–H and O–H groups in total. The van der Waals surface area contributed by atoms with Crippen LogP contribution in [0.2, 0.25) is 0 Å². The summed E-state index contributed by atoms with van der Waals surface area (Å²) in [7, 11) is 0. The minimum Gasteiger partial charge on any atom is -0.381 e. The van der Waals surface area contributed by atoms with Gasteiger partial charge in [0.2, 0.25) is 0 Å². The highest BCUT2D eigenvalue weighted by molar-refractivity contribution is 4.80. The molecule has 0 amide bonds. The first-order chi connectivity index (χ1) is 7.75. The first-order valence-electron chi connectivity index (χ1n) is 7.07. The van der Waals surface area contributed by atoms with Gasteiger partial charge in [-0.05, 0) is 57.0 Å². The molecule has 2 saturated heterocycles. The Balaban J connectivity index is 1.71. The molecular formula is C14H27NO. The number of hydrogen-bond acceptors (Lipinski definition) is 2. The molecule has 0 unspecified atom stereocenters. The quantitative estimate of drug-likeness (QED) is 0.732. The van der Waals surface area contributed by atoms with Crippen LogP contribution in [0, 0.1) is 11.8 Å². The maximum Gasteiger partial charge on any atom is 0.0480 e. The minimum absolute atomic E-state index is 0.828. The summed E-state index contributed by atoms with van der Waals surface area (Å²) in [6.45, 7) is 9.34. The highest BCUT2D eigenvalue weighted by Gasteiger charge is 2.26. The molecule has 2 heteroatoms. The van der Waals surface area contributed by atoms with Crippen LogP contribution in [0.25, 0.3) is 0 Å². The maximum atomic E-state index is 5.44. The molecule has 0 spiro atoms. The Morgan fingerprint density at radius 3 is 2.25 bits per heavy atom. The van der Waals surface area contributed by atoms with Gasteiger partial charge in [-0.3, -0.25) is 0 Å². The molecule has 0 aliphatic carbocycles. The predicted octanol–water partition coefficient (Wildman–Crippen LogP) is 2.92. The van der Waals surface area contributed by atoms with Crippen molar-refractivity contribution in [1.82, 2.24) is 4.90 Å². The number of rotatable bonds is 3. The van der Waals surface area contributed by atoms with Gasteiger partial charge >= 0.3 is 0 Å². The monoisotopic (exact) mass is 225 g/mol. The molecule has 2 aliphatic rings. The zero-order valence-electron chi connectivity index (χ0n) is 11.0. The molecule has 0 radical (unpaired) electrons. The van der Waals surface area contributed by atoms with Gasteiger partial charge in [0.05, 0.1) is 0 Å². The van der Waals surface area contributed by atoms with Gasteiger partial charge in [-0.1, -0.05) is 13.8 Å². The zero-order valence-corrected chi connectivity index (χ0v) is 11.0. The van der Waals surface area contributed by atoms with Crippen LogP contribution in [-0.4, -0.2) is 37.2 Å². The van der Waals surface area contributed by atoms with Crippen molar-refractivity contribution in [2.45, 2.75) is 52.0 Å². The van der Waals surface area contributed by atoms with Crippen LogP contribution in [0.4, 0.5) is 0 Å². The maximum absolute atomic E-state index is 5.44. The van der Waals surface area contributed by atoms with Gasteiger partial charge in [-0.15, -0.1) is 0 Å². The van der Waals surface area contributed by atoms with Gasteiger partial charge in [-0.25, -0.2) is 0 Å². The van der Waals surface area contributed by atoms with Crippen LogP contribution in [0.15, 0.2) is 0 Å². The van der Waals surface area contributed by atoms with E-state index in [9.17, 15) is 0 Å². The summed E-state index contributed by atoms with van der Waals surface area (Å²) >= 11 is 0. The molecule has 2 nitrogen and oxygen atoms in total. The van der Waals surface area contributed by atoms with Crippen molar-refractivity contribution in [3.63, 3.8) is 0 Å². The first-order valence-corrected chi connectivity index (χ1v) is 7.07. The smallest absolute Gasteiger partial charge is 0.0480 e. The van der Waals surface area contributed by atoms with E-state index in [1.54, 1.807) is 0 Å². The van der Waals surface area contributed by atoms with Gasteiger partial charge in [-0.2, -0.15) is 0 Å². The Hall–Kier alpha value is -0.0800. The highest BCUT2D eigenvalue weighted by Crippen LogP contribution is 2.27. The lowest BCUT2D eigenvalue weighted by atomic mass is 9.87. The standard InChI is InChI=1S/C14H27NO/c1-12(2)11-13-3-7-15(8-4-13)14-5-9-16-10-6-14/h12-14H,3-11H2,1-2H3. The summed E-state index contributed by atoms with van der Waals surface area (Å²) in [6, 6.07) is 0.828. The SMILES string of the molecule is CC(C)CC1CCN(C2CCOCC2)CC1. The van der Waals surface area contributed by atoms with Crippen LogP contribution in [0.1, 0.15) is 46.0 Å². The summed E-state index contributed by atoms with van der Waals surface area (Å²) in [5, 5.41) is 0. The zero-order chi connectivity index (χ0) is 11.4. The molecule has 0 aromatic rings. The second-order valence-corrected chi connectivity index (χ2v) is 5.95. The van der Waals surface area contributed by atoms with E-state index in [2.05, 4.69) is 18.7 Å². The topological polar surface area (TPSA) is 12.5 Å². The van der Waals surface area contributed by atoms with E-state index in [1.807, 2.05) is 0 Å². The number of ether oxygens (including phenoxy) is 1. The van der Waals surface area contributed by atoms with Crippen LogP contribution >= 0.6 is 0 Å². The van der Waals surface area contributed by atoms with E-state index < -0.39 is 0 Å². The van der Waals surface area contributed by atoms with E-state index in [-0.39, 0.29) is 0 Å². The number of hydrogen-bond donors (Lipinski definition) is 0. The fourth-order valence-electron chi connectivity index (χ4n) is 3.27. The molecule has 2 fully saturated rings. The lowest BCUT2D eigenvalue weighted by Gasteiger charge is -2.39. The van der Waals surface area contributed by atoms with E-state index >= 15 is 0 Å². The van der Waals surface area contributed by atoms with Crippen molar-refractivity contribution in [2.75, 3.05) is 26.3 Å². The Morgan fingerprint density at radius 2 is 1.69 bits per heavy atom. The van der Waals surface area contributed by atoms with E-state index in [0.29, 0.717) is 0 Å². The first kappa shape index (κ1) is 12.4. The average Bonchev–Trinajstić information content (AvgIpc) is 2.30. The van der Waals surface area contributed by atoms with Crippen molar-refractivity contribution in [3.05, 3.63) is 0 Å². The predicted molar refractivity (Wildman–Crippen MR) is 67.6 cm³/mol. The van der Waals surface area contributed by atoms with Crippen molar-refractivity contribution < 1.29 is 4.74 Å². The minimum atomic E-state index is 0.828. The Kier molecular flexibility index (Phi) is 4.66. The summed E-state index contributed by atoms with van der Waals surface area (Å²) in [4.78, 5) is 2.72. The number of likely N-dealkylation sites (tertiary alicyclic amines) is 1. The third-order valence-electron chi connectivity index (χ3n) is 4.16. The number of piperidine rings is 1. The van der Waals surface area contributed by atoms with Crippen LogP contribution in [-0.2, 0) is 4.74 Å². The molecule has 2 heterocycles. The van der Waals surface area contributed by atoms with E-state index in [1.165, 1.54) is 45.2 Å². The fraction of sp³-hybridized carbons (Fsp3) is 1.00. The Labute approximate surface area is 100 Å². The van der Waals surface area contributed by atoms with Crippen molar-refractivity contribution in [1.29, 1.82) is 0 Å². The summed E-state index contributed by atoms with van der Waals surface area (Å²) in [5.74, 6) is 1.87. The largest absolute Gasteiger partial charge is 0.381 e. The van der Waals surface area contributed by atoms with E-state index in [0.717, 1.165) is 31.1 Å². The lowest BCUT2D eigenvalue weighted by molar-refractivity contribution is 0.0197. The molecule has 16 heavy (non-hydrogen) atoms. The lowest BCUT2D eigenvalue weighted by Crippen LogP contribution is -2.44. The molecule has 0 aromatic heterocycles.